The predicted molar refractivity (Wildman–Crippen MR) is 89.0 cm³/mol. The molecule has 1 aromatic carbocycles. The monoisotopic (exact) mass is 295 g/mol. The molecule has 0 N–H and O–H groups in total. The van der Waals surface area contributed by atoms with E-state index in [-0.39, 0.29) is 0 Å². The topological polar surface area (TPSA) is 21.1 Å². The molecular formula is C19H25N3. The van der Waals surface area contributed by atoms with Crippen molar-refractivity contribution < 1.29 is 0 Å². The third kappa shape index (κ3) is 2.70. The highest BCUT2D eigenvalue weighted by Gasteiger charge is 2.33. The van der Waals surface area contributed by atoms with Gasteiger partial charge in [0.25, 0.3) is 0 Å². The summed E-state index contributed by atoms with van der Waals surface area (Å²) in [7, 11) is 0. The molecule has 2 aliphatic rings. The van der Waals surface area contributed by atoms with Crippen LogP contribution < -0.4 is 0 Å². The Kier molecular flexibility index (Phi) is 3.53. The molecule has 3 heteroatoms. The minimum atomic E-state index is 0.614. The fourth-order valence-electron chi connectivity index (χ4n) is 3.82. The molecule has 1 saturated heterocycles. The number of benzene rings is 1. The number of aromatic nitrogens is 2. The van der Waals surface area contributed by atoms with E-state index in [9.17, 15) is 0 Å². The van der Waals surface area contributed by atoms with Gasteiger partial charge in [-0.3, -0.25) is 4.90 Å². The number of hydrogen-bond acceptors (Lipinski definition) is 2. The highest BCUT2D eigenvalue weighted by molar-refractivity contribution is 5.22. The van der Waals surface area contributed by atoms with Gasteiger partial charge in [-0.2, -0.15) is 0 Å². The molecule has 1 aromatic heterocycles. The molecule has 0 amide bonds. The molecule has 3 nitrogen and oxygen atoms in total. The van der Waals surface area contributed by atoms with Gasteiger partial charge in [0.15, 0.2) is 0 Å². The minimum absolute atomic E-state index is 0.614. The summed E-state index contributed by atoms with van der Waals surface area (Å²) in [5.74, 6) is 2.08. The summed E-state index contributed by atoms with van der Waals surface area (Å²) in [5, 5.41) is 0. The Morgan fingerprint density at radius 3 is 2.82 bits per heavy atom. The van der Waals surface area contributed by atoms with Gasteiger partial charge in [0, 0.05) is 43.5 Å². The van der Waals surface area contributed by atoms with Gasteiger partial charge in [-0.25, -0.2) is 4.98 Å². The van der Waals surface area contributed by atoms with Crippen molar-refractivity contribution in [3.8, 4) is 0 Å². The highest BCUT2D eigenvalue weighted by Crippen LogP contribution is 2.41. The van der Waals surface area contributed by atoms with Crippen LogP contribution in [0.2, 0.25) is 0 Å². The number of likely N-dealkylation sites (tertiary alicyclic amines) is 1. The van der Waals surface area contributed by atoms with Crippen LogP contribution in [0.25, 0.3) is 0 Å². The molecule has 0 bridgehead atoms. The largest absolute Gasteiger partial charge is 0.328 e. The molecule has 0 spiro atoms. The Morgan fingerprint density at radius 2 is 2.05 bits per heavy atom. The number of nitrogens with zero attached hydrogens (tertiary/aromatic N) is 3. The van der Waals surface area contributed by atoms with Gasteiger partial charge in [0.2, 0.25) is 0 Å². The van der Waals surface area contributed by atoms with Gasteiger partial charge in [-0.15, -0.1) is 0 Å². The number of aryl methyl sites for hydroxylation is 2. The molecule has 22 heavy (non-hydrogen) atoms. The van der Waals surface area contributed by atoms with Crippen LogP contribution in [-0.2, 0) is 6.54 Å². The van der Waals surface area contributed by atoms with Crippen molar-refractivity contribution in [3.63, 3.8) is 0 Å². The molecule has 1 unspecified atom stereocenters. The van der Waals surface area contributed by atoms with Crippen LogP contribution in [0.4, 0.5) is 0 Å². The quantitative estimate of drug-likeness (QED) is 0.855. The van der Waals surface area contributed by atoms with Crippen LogP contribution in [0, 0.1) is 13.8 Å². The van der Waals surface area contributed by atoms with Crippen LogP contribution in [0.15, 0.2) is 30.5 Å². The SMILES string of the molecule is Cc1cccc(CN2CCC(n3c(C)cnc3C3CC3)C2)c1. The standard InChI is InChI=1S/C19H25N3/c1-14-4-3-5-16(10-14)12-21-9-8-18(13-21)22-15(2)11-20-19(22)17-6-7-17/h3-5,10-11,17-18H,6-9,12-13H2,1-2H3. The van der Waals surface area contributed by atoms with Crippen LogP contribution in [0.1, 0.15) is 53.9 Å². The Balaban J connectivity index is 1.47. The third-order valence-electron chi connectivity index (χ3n) is 5.05. The first kappa shape index (κ1) is 14.0. The van der Waals surface area contributed by atoms with Crippen molar-refractivity contribution in [2.75, 3.05) is 13.1 Å². The normalized spacial score (nSPS) is 22.4. The first-order valence-electron chi connectivity index (χ1n) is 8.52. The summed E-state index contributed by atoms with van der Waals surface area (Å²) in [6.45, 7) is 7.81. The fraction of sp³-hybridized carbons (Fsp3) is 0.526. The number of hydrogen-bond donors (Lipinski definition) is 0. The van der Waals surface area contributed by atoms with Gasteiger partial charge in [-0.05, 0) is 38.7 Å². The van der Waals surface area contributed by atoms with Crippen molar-refractivity contribution in [1.82, 2.24) is 14.5 Å². The number of rotatable bonds is 4. The van der Waals surface area contributed by atoms with Crippen molar-refractivity contribution in [2.24, 2.45) is 0 Å². The average molecular weight is 295 g/mol. The average Bonchev–Trinajstić information content (AvgIpc) is 3.12. The zero-order valence-electron chi connectivity index (χ0n) is 13.6. The molecule has 2 heterocycles. The van der Waals surface area contributed by atoms with Crippen molar-refractivity contribution in [1.29, 1.82) is 0 Å². The van der Waals surface area contributed by atoms with Crippen molar-refractivity contribution in [2.45, 2.75) is 51.6 Å². The van der Waals surface area contributed by atoms with Gasteiger partial charge < -0.3 is 4.57 Å². The minimum Gasteiger partial charge on any atom is -0.328 e. The van der Waals surface area contributed by atoms with Crippen LogP contribution >= 0.6 is 0 Å². The second-order valence-electron chi connectivity index (χ2n) is 7.07. The highest BCUT2D eigenvalue weighted by atomic mass is 15.2. The lowest BCUT2D eigenvalue weighted by Gasteiger charge is -2.19. The molecule has 1 saturated carbocycles. The number of imidazole rings is 1. The summed E-state index contributed by atoms with van der Waals surface area (Å²) >= 11 is 0. The Labute approximate surface area is 133 Å². The van der Waals surface area contributed by atoms with E-state index in [2.05, 4.69) is 58.8 Å². The summed E-state index contributed by atoms with van der Waals surface area (Å²) in [6, 6.07) is 9.52. The maximum atomic E-state index is 4.69. The van der Waals surface area contributed by atoms with E-state index in [1.165, 1.54) is 48.5 Å². The van der Waals surface area contributed by atoms with Gasteiger partial charge in [-0.1, -0.05) is 29.8 Å². The zero-order valence-corrected chi connectivity index (χ0v) is 13.6. The van der Waals surface area contributed by atoms with E-state index in [0.717, 1.165) is 19.0 Å². The molecule has 1 aliphatic heterocycles. The summed E-state index contributed by atoms with van der Waals surface area (Å²) in [5.41, 5.74) is 4.13. The summed E-state index contributed by atoms with van der Waals surface area (Å²) in [4.78, 5) is 7.28. The van der Waals surface area contributed by atoms with Crippen molar-refractivity contribution in [3.05, 3.63) is 53.1 Å². The molecule has 116 valence electrons. The van der Waals surface area contributed by atoms with Gasteiger partial charge >= 0.3 is 0 Å². The van der Waals surface area contributed by atoms with E-state index < -0.39 is 0 Å². The lowest BCUT2D eigenvalue weighted by molar-refractivity contribution is 0.314. The Bertz CT molecular complexity index is 669. The summed E-state index contributed by atoms with van der Waals surface area (Å²) < 4.78 is 2.54. The lowest BCUT2D eigenvalue weighted by Crippen LogP contribution is -2.22. The predicted octanol–water partition coefficient (Wildman–Crippen LogP) is 3.82. The van der Waals surface area contributed by atoms with Crippen LogP contribution in [0.5, 0.6) is 0 Å². The Hall–Kier alpha value is -1.61. The van der Waals surface area contributed by atoms with E-state index in [0.29, 0.717) is 6.04 Å². The van der Waals surface area contributed by atoms with E-state index >= 15 is 0 Å². The second-order valence-corrected chi connectivity index (χ2v) is 7.07. The first-order chi connectivity index (χ1) is 10.7. The second kappa shape index (κ2) is 5.54. The molecular weight excluding hydrogens is 270 g/mol. The Morgan fingerprint density at radius 1 is 1.18 bits per heavy atom. The van der Waals surface area contributed by atoms with E-state index in [1.54, 1.807) is 0 Å². The summed E-state index contributed by atoms with van der Waals surface area (Å²) in [6.07, 6.45) is 5.98. The van der Waals surface area contributed by atoms with Crippen LogP contribution in [-0.4, -0.2) is 27.5 Å². The van der Waals surface area contributed by atoms with E-state index in [4.69, 9.17) is 0 Å². The van der Waals surface area contributed by atoms with Crippen molar-refractivity contribution >= 4 is 0 Å². The lowest BCUT2D eigenvalue weighted by atomic mass is 10.1. The molecule has 2 aromatic rings. The van der Waals surface area contributed by atoms with Crippen LogP contribution in [0.3, 0.4) is 0 Å². The van der Waals surface area contributed by atoms with E-state index in [1.807, 2.05) is 0 Å². The first-order valence-corrected chi connectivity index (χ1v) is 8.52. The molecule has 4 rings (SSSR count). The molecule has 0 radical (unpaired) electrons. The molecule has 1 aliphatic carbocycles. The fourth-order valence-corrected chi connectivity index (χ4v) is 3.82. The molecule has 1 atom stereocenters. The zero-order chi connectivity index (χ0) is 15.1. The van der Waals surface area contributed by atoms with Gasteiger partial charge in [0.05, 0.1) is 0 Å². The smallest absolute Gasteiger partial charge is 0.112 e. The third-order valence-corrected chi connectivity index (χ3v) is 5.05. The van der Waals surface area contributed by atoms with Gasteiger partial charge in [0.1, 0.15) is 5.82 Å². The molecule has 2 fully saturated rings. The maximum absolute atomic E-state index is 4.69. The maximum Gasteiger partial charge on any atom is 0.112 e.